The van der Waals surface area contributed by atoms with Crippen molar-refractivity contribution < 1.29 is 22.7 Å². The first-order valence-corrected chi connectivity index (χ1v) is 7.78. The first-order chi connectivity index (χ1) is 11.9. The number of nitrogens with zero attached hydrogens (tertiary/aromatic N) is 3. The second kappa shape index (κ2) is 5.47. The van der Waals surface area contributed by atoms with E-state index in [0.29, 0.717) is 37.0 Å². The molecule has 0 unspecified atom stereocenters. The number of anilines is 2. The number of nitrogens with one attached hydrogen (secondary N) is 1. The Bertz CT molecular complexity index is 847. The van der Waals surface area contributed by atoms with Crippen molar-refractivity contribution in [3.63, 3.8) is 0 Å². The fourth-order valence-corrected chi connectivity index (χ4v) is 3.59. The second-order valence-electron chi connectivity index (χ2n) is 6.26. The van der Waals surface area contributed by atoms with Crippen molar-refractivity contribution >= 4 is 11.5 Å². The zero-order valence-corrected chi connectivity index (χ0v) is 12.9. The van der Waals surface area contributed by atoms with Crippen molar-refractivity contribution in [2.45, 2.75) is 24.8 Å². The third kappa shape index (κ3) is 2.29. The van der Waals surface area contributed by atoms with E-state index < -0.39 is 29.3 Å². The van der Waals surface area contributed by atoms with E-state index in [-0.39, 0.29) is 17.8 Å². The molecule has 0 radical (unpaired) electrons. The Kier molecular flexibility index (Phi) is 3.48. The Morgan fingerprint density at radius 2 is 2.00 bits per heavy atom. The van der Waals surface area contributed by atoms with Gasteiger partial charge in [-0.3, -0.25) is 0 Å². The van der Waals surface area contributed by atoms with Crippen molar-refractivity contribution in [1.29, 1.82) is 0 Å². The van der Waals surface area contributed by atoms with Crippen LogP contribution in [-0.4, -0.2) is 40.4 Å². The largest absolute Gasteiger partial charge is 0.504 e. The Morgan fingerprint density at radius 1 is 1.20 bits per heavy atom. The molecule has 0 spiro atoms. The number of rotatable bonds is 2. The fourth-order valence-electron chi connectivity index (χ4n) is 3.59. The second-order valence-corrected chi connectivity index (χ2v) is 6.26. The molecule has 9 heteroatoms. The van der Waals surface area contributed by atoms with Gasteiger partial charge in [0.25, 0.3) is 6.43 Å². The van der Waals surface area contributed by atoms with Crippen LogP contribution in [0.2, 0.25) is 0 Å². The number of fused-ring (bicyclic) bond motifs is 3. The van der Waals surface area contributed by atoms with Gasteiger partial charge in [-0.25, -0.2) is 17.6 Å². The summed E-state index contributed by atoms with van der Waals surface area (Å²) < 4.78 is 54.5. The highest BCUT2D eigenvalue weighted by Crippen LogP contribution is 2.45. The van der Waals surface area contributed by atoms with Crippen LogP contribution in [0.5, 0.6) is 5.75 Å². The van der Waals surface area contributed by atoms with Crippen LogP contribution in [0, 0.1) is 11.6 Å². The lowest BCUT2D eigenvalue weighted by Crippen LogP contribution is -2.57. The van der Waals surface area contributed by atoms with Crippen molar-refractivity contribution in [2.75, 3.05) is 23.3 Å². The lowest BCUT2D eigenvalue weighted by atomic mass is 9.94. The summed E-state index contributed by atoms with van der Waals surface area (Å²) in [5, 5.41) is 20.5. The lowest BCUT2D eigenvalue weighted by Gasteiger charge is -2.43. The summed E-state index contributed by atoms with van der Waals surface area (Å²) in [5.41, 5.74) is -1.12. The summed E-state index contributed by atoms with van der Waals surface area (Å²) in [5.74, 6) is -2.44. The number of phenolic OH excluding ortho intramolecular Hbond substituents is 1. The quantitative estimate of drug-likeness (QED) is 0.812. The Balaban J connectivity index is 1.84. The number of halogens is 4. The molecule has 5 nitrogen and oxygen atoms in total. The maximum atomic E-state index is 13.7. The van der Waals surface area contributed by atoms with E-state index in [1.165, 1.54) is 6.07 Å². The molecule has 0 saturated carbocycles. The predicted molar refractivity (Wildman–Crippen MR) is 82.9 cm³/mol. The molecule has 0 amide bonds. The van der Waals surface area contributed by atoms with E-state index in [0.717, 1.165) is 6.07 Å². The van der Waals surface area contributed by atoms with Crippen molar-refractivity contribution in [2.24, 2.45) is 0 Å². The maximum Gasteiger partial charge on any atom is 0.263 e. The van der Waals surface area contributed by atoms with E-state index in [2.05, 4.69) is 15.5 Å². The number of alkyl halides is 2. The van der Waals surface area contributed by atoms with Gasteiger partial charge >= 0.3 is 0 Å². The molecule has 25 heavy (non-hydrogen) atoms. The highest BCUT2D eigenvalue weighted by molar-refractivity contribution is 5.77. The summed E-state index contributed by atoms with van der Waals surface area (Å²) in [6.45, 7) is 0.471. The minimum Gasteiger partial charge on any atom is -0.504 e. The minimum absolute atomic E-state index is 0.00779. The molecule has 2 N–H and O–H groups in total. The summed E-state index contributed by atoms with van der Waals surface area (Å²) in [6, 6.07) is 2.90. The molecule has 1 atom stereocenters. The normalized spacial score (nSPS) is 21.9. The number of phenols is 1. The lowest BCUT2D eigenvalue weighted by molar-refractivity contribution is 0.0613. The smallest absolute Gasteiger partial charge is 0.263 e. The van der Waals surface area contributed by atoms with Crippen LogP contribution in [-0.2, 0) is 0 Å². The molecule has 1 fully saturated rings. The topological polar surface area (TPSA) is 61.3 Å². The molecular weight excluding hydrogens is 340 g/mol. The van der Waals surface area contributed by atoms with Crippen LogP contribution >= 0.6 is 0 Å². The van der Waals surface area contributed by atoms with Crippen LogP contribution in [0.3, 0.4) is 0 Å². The molecule has 4 rings (SSSR count). The van der Waals surface area contributed by atoms with Crippen molar-refractivity contribution in [3.8, 4) is 17.0 Å². The molecule has 2 aliphatic rings. The van der Waals surface area contributed by atoms with Gasteiger partial charge in [-0.15, -0.1) is 10.2 Å². The summed E-state index contributed by atoms with van der Waals surface area (Å²) in [4.78, 5) is 1.58. The average molecular weight is 354 g/mol. The highest BCUT2D eigenvalue weighted by Gasteiger charge is 2.51. The molecule has 1 saturated heterocycles. The summed E-state index contributed by atoms with van der Waals surface area (Å²) in [7, 11) is 0. The molecule has 1 aromatic heterocycles. The Hall–Kier alpha value is -2.58. The SMILES string of the molecule is Oc1c(F)cc(F)cc1-c1cc2c(nn1)NC[C@@]1(C(F)F)CCCN21. The van der Waals surface area contributed by atoms with Crippen LogP contribution in [0.15, 0.2) is 18.2 Å². The van der Waals surface area contributed by atoms with Crippen molar-refractivity contribution in [3.05, 3.63) is 29.8 Å². The monoisotopic (exact) mass is 354 g/mol. The predicted octanol–water partition coefficient (Wildman–Crippen LogP) is 3.16. The number of aromatic nitrogens is 2. The van der Waals surface area contributed by atoms with Crippen LogP contribution in [0.4, 0.5) is 29.1 Å². The van der Waals surface area contributed by atoms with Crippen LogP contribution < -0.4 is 10.2 Å². The third-order valence-electron chi connectivity index (χ3n) is 4.87. The Morgan fingerprint density at radius 3 is 2.76 bits per heavy atom. The third-order valence-corrected chi connectivity index (χ3v) is 4.87. The van der Waals surface area contributed by atoms with Gasteiger partial charge in [-0.1, -0.05) is 0 Å². The first kappa shape index (κ1) is 15.9. The van der Waals surface area contributed by atoms with Crippen LogP contribution in [0.25, 0.3) is 11.3 Å². The van der Waals surface area contributed by atoms with Crippen molar-refractivity contribution in [1.82, 2.24) is 10.2 Å². The number of benzene rings is 1. The first-order valence-electron chi connectivity index (χ1n) is 7.78. The summed E-state index contributed by atoms with van der Waals surface area (Å²) >= 11 is 0. The van der Waals surface area contributed by atoms with Gasteiger partial charge in [-0.05, 0) is 25.0 Å². The van der Waals surface area contributed by atoms with Gasteiger partial charge in [0.05, 0.1) is 11.4 Å². The maximum absolute atomic E-state index is 13.7. The molecule has 3 heterocycles. The molecular formula is C16H14F4N4O. The molecule has 2 aromatic rings. The van der Waals surface area contributed by atoms with Crippen LogP contribution in [0.1, 0.15) is 12.8 Å². The fraction of sp³-hybridized carbons (Fsp3) is 0.375. The van der Waals surface area contributed by atoms with E-state index in [1.54, 1.807) is 4.90 Å². The number of aromatic hydroxyl groups is 1. The van der Waals surface area contributed by atoms with Gasteiger partial charge in [0.1, 0.15) is 11.4 Å². The molecule has 132 valence electrons. The minimum atomic E-state index is -2.56. The highest BCUT2D eigenvalue weighted by atomic mass is 19.3. The standard InChI is InChI=1S/C16H14F4N4O/c17-8-4-9(13(25)10(18)5-8)11-6-12-14(23-22-11)21-7-16(15(19)20)2-1-3-24(12)16/h4-6,15,25H,1-3,7H2,(H,21,23)/t16-/m1/s1. The Labute approximate surface area is 140 Å². The van der Waals surface area contributed by atoms with E-state index in [1.807, 2.05) is 0 Å². The average Bonchev–Trinajstić information content (AvgIpc) is 3.03. The summed E-state index contributed by atoms with van der Waals surface area (Å²) in [6.07, 6.45) is -1.63. The number of hydrogen-bond acceptors (Lipinski definition) is 5. The van der Waals surface area contributed by atoms with Gasteiger partial charge in [-0.2, -0.15) is 0 Å². The van der Waals surface area contributed by atoms with Gasteiger partial charge < -0.3 is 15.3 Å². The molecule has 0 bridgehead atoms. The zero-order chi connectivity index (χ0) is 17.8. The van der Waals surface area contributed by atoms with Gasteiger partial charge in [0.2, 0.25) is 0 Å². The van der Waals surface area contributed by atoms with Gasteiger partial charge in [0.15, 0.2) is 17.4 Å². The number of hydrogen-bond donors (Lipinski definition) is 2. The van der Waals surface area contributed by atoms with E-state index in [4.69, 9.17) is 0 Å². The molecule has 1 aromatic carbocycles. The van der Waals surface area contributed by atoms with E-state index >= 15 is 0 Å². The molecule has 0 aliphatic carbocycles. The zero-order valence-electron chi connectivity index (χ0n) is 12.9. The molecule has 2 aliphatic heterocycles. The van der Waals surface area contributed by atoms with Gasteiger partial charge in [0, 0.05) is 24.7 Å². The van der Waals surface area contributed by atoms with E-state index in [9.17, 15) is 22.7 Å².